The second kappa shape index (κ2) is 5.89. The minimum atomic E-state index is 0.155. The van der Waals surface area contributed by atoms with Gasteiger partial charge in [0.2, 0.25) is 0 Å². The maximum absolute atomic E-state index is 9.09. The van der Waals surface area contributed by atoms with Gasteiger partial charge in [0, 0.05) is 17.9 Å². The summed E-state index contributed by atoms with van der Waals surface area (Å²) in [4.78, 5) is 0. The molecule has 19 heavy (non-hydrogen) atoms. The van der Waals surface area contributed by atoms with Gasteiger partial charge in [-0.05, 0) is 31.9 Å². The van der Waals surface area contributed by atoms with Crippen molar-refractivity contribution in [2.24, 2.45) is 0 Å². The molecule has 0 aliphatic rings. The molecule has 0 unspecified atom stereocenters. The summed E-state index contributed by atoms with van der Waals surface area (Å²) in [6, 6.07) is 7.95. The summed E-state index contributed by atoms with van der Waals surface area (Å²) < 4.78 is 7.33. The predicted molar refractivity (Wildman–Crippen MR) is 74.6 cm³/mol. The molecule has 0 fully saturated rings. The normalized spacial score (nSPS) is 10.7. The van der Waals surface area contributed by atoms with Crippen molar-refractivity contribution in [3.05, 3.63) is 46.8 Å². The van der Waals surface area contributed by atoms with Crippen LogP contribution in [0.1, 0.15) is 22.5 Å². The fourth-order valence-electron chi connectivity index (χ4n) is 2.36. The molecule has 1 N–H and O–H groups in total. The highest BCUT2D eigenvalue weighted by Crippen LogP contribution is 2.21. The molecule has 0 radical (unpaired) electrons. The summed E-state index contributed by atoms with van der Waals surface area (Å²) in [6.45, 7) is 4.86. The Morgan fingerprint density at radius 2 is 2.00 bits per heavy atom. The molecule has 1 aromatic carbocycles. The van der Waals surface area contributed by atoms with Crippen molar-refractivity contribution in [2.75, 3.05) is 13.7 Å². The van der Waals surface area contributed by atoms with Crippen LogP contribution in [0.4, 0.5) is 0 Å². The van der Waals surface area contributed by atoms with E-state index in [1.54, 1.807) is 7.11 Å². The van der Waals surface area contributed by atoms with Gasteiger partial charge < -0.3 is 9.84 Å². The van der Waals surface area contributed by atoms with Gasteiger partial charge in [-0.1, -0.05) is 18.2 Å². The van der Waals surface area contributed by atoms with Crippen LogP contribution in [0, 0.1) is 13.8 Å². The third-order valence-electron chi connectivity index (χ3n) is 3.41. The minimum Gasteiger partial charge on any atom is -0.496 e. The Kier molecular flexibility index (Phi) is 4.22. The number of hydrogen-bond donors (Lipinski definition) is 1. The van der Waals surface area contributed by atoms with Gasteiger partial charge >= 0.3 is 0 Å². The van der Waals surface area contributed by atoms with E-state index in [4.69, 9.17) is 9.84 Å². The van der Waals surface area contributed by atoms with Gasteiger partial charge in [0.1, 0.15) is 5.75 Å². The summed E-state index contributed by atoms with van der Waals surface area (Å²) in [5.41, 5.74) is 4.34. The van der Waals surface area contributed by atoms with E-state index in [9.17, 15) is 0 Å². The summed E-state index contributed by atoms with van der Waals surface area (Å²) in [5.74, 6) is 0.874. The molecule has 0 aliphatic carbocycles. The van der Waals surface area contributed by atoms with Crippen LogP contribution >= 0.6 is 0 Å². The Morgan fingerprint density at radius 1 is 1.26 bits per heavy atom. The highest BCUT2D eigenvalue weighted by atomic mass is 16.5. The number of aliphatic hydroxyl groups excluding tert-OH is 1. The number of aromatic nitrogens is 2. The number of rotatable bonds is 5. The van der Waals surface area contributed by atoms with Gasteiger partial charge in [-0.15, -0.1) is 0 Å². The fraction of sp³-hybridized carbons (Fsp3) is 0.400. The van der Waals surface area contributed by atoms with Gasteiger partial charge in [-0.3, -0.25) is 4.68 Å². The summed E-state index contributed by atoms with van der Waals surface area (Å²) in [6.07, 6.45) is 0.656. The molecule has 1 heterocycles. The van der Waals surface area contributed by atoms with E-state index in [2.05, 4.69) is 5.10 Å². The molecule has 0 saturated carbocycles. The summed E-state index contributed by atoms with van der Waals surface area (Å²) in [7, 11) is 1.68. The average molecular weight is 260 g/mol. The largest absolute Gasteiger partial charge is 0.496 e. The Labute approximate surface area is 113 Å². The van der Waals surface area contributed by atoms with Crippen LogP contribution in [0.3, 0.4) is 0 Å². The maximum Gasteiger partial charge on any atom is 0.123 e. The highest BCUT2D eigenvalue weighted by Gasteiger charge is 2.12. The van der Waals surface area contributed by atoms with Gasteiger partial charge in [-0.25, -0.2) is 0 Å². The molecule has 0 amide bonds. The smallest absolute Gasteiger partial charge is 0.123 e. The molecule has 4 heteroatoms. The van der Waals surface area contributed by atoms with Crippen molar-refractivity contribution in [1.29, 1.82) is 0 Å². The maximum atomic E-state index is 9.09. The Hall–Kier alpha value is -1.81. The molecule has 0 atom stereocenters. The minimum absolute atomic E-state index is 0.155. The van der Waals surface area contributed by atoms with E-state index in [1.165, 1.54) is 0 Å². The predicted octanol–water partition coefficient (Wildman–Crippen LogP) is 2.09. The number of ether oxygens (including phenoxy) is 1. The second-order valence-electron chi connectivity index (χ2n) is 4.59. The number of para-hydroxylation sites is 1. The lowest BCUT2D eigenvalue weighted by molar-refractivity contribution is 0.299. The summed E-state index contributed by atoms with van der Waals surface area (Å²) >= 11 is 0. The van der Waals surface area contributed by atoms with E-state index in [1.807, 2.05) is 42.8 Å². The van der Waals surface area contributed by atoms with Crippen molar-refractivity contribution in [2.45, 2.75) is 26.8 Å². The third-order valence-corrected chi connectivity index (χ3v) is 3.41. The SMILES string of the molecule is COc1ccccc1Cn1nc(C)c(CCO)c1C. The Balaban J connectivity index is 2.31. The summed E-state index contributed by atoms with van der Waals surface area (Å²) in [5, 5.41) is 13.6. The third kappa shape index (κ3) is 2.79. The quantitative estimate of drug-likeness (QED) is 0.895. The lowest BCUT2D eigenvalue weighted by Gasteiger charge is -2.09. The number of methoxy groups -OCH3 is 1. The lowest BCUT2D eigenvalue weighted by atomic mass is 10.1. The zero-order valence-corrected chi connectivity index (χ0v) is 11.7. The molecule has 1 aromatic heterocycles. The van der Waals surface area contributed by atoms with Crippen molar-refractivity contribution >= 4 is 0 Å². The van der Waals surface area contributed by atoms with Crippen LogP contribution in [0.5, 0.6) is 5.75 Å². The topological polar surface area (TPSA) is 47.3 Å². The van der Waals surface area contributed by atoms with Crippen LogP contribution in [0.25, 0.3) is 0 Å². The molecule has 0 bridgehead atoms. The zero-order chi connectivity index (χ0) is 13.8. The van der Waals surface area contributed by atoms with E-state index < -0.39 is 0 Å². The van der Waals surface area contributed by atoms with Crippen molar-refractivity contribution in [3.8, 4) is 5.75 Å². The van der Waals surface area contributed by atoms with Crippen molar-refractivity contribution < 1.29 is 9.84 Å². The number of aliphatic hydroxyl groups is 1. The zero-order valence-electron chi connectivity index (χ0n) is 11.7. The van der Waals surface area contributed by atoms with Gasteiger partial charge in [0.25, 0.3) is 0 Å². The van der Waals surface area contributed by atoms with E-state index in [-0.39, 0.29) is 6.61 Å². The number of benzene rings is 1. The first-order chi connectivity index (χ1) is 9.17. The molecule has 0 spiro atoms. The molecule has 0 aliphatic heterocycles. The van der Waals surface area contributed by atoms with Crippen molar-refractivity contribution in [1.82, 2.24) is 9.78 Å². The first kappa shape index (κ1) is 13.6. The second-order valence-corrected chi connectivity index (χ2v) is 4.59. The van der Waals surface area contributed by atoms with Gasteiger partial charge in [0.05, 0.1) is 19.3 Å². The number of aryl methyl sites for hydroxylation is 1. The molecular weight excluding hydrogens is 240 g/mol. The molecule has 2 aromatic rings. The first-order valence-electron chi connectivity index (χ1n) is 6.43. The van der Waals surface area contributed by atoms with E-state index in [0.29, 0.717) is 13.0 Å². The Bertz CT molecular complexity index is 561. The number of hydrogen-bond acceptors (Lipinski definition) is 3. The molecule has 0 saturated heterocycles. The average Bonchev–Trinajstić information content (AvgIpc) is 2.67. The fourth-order valence-corrected chi connectivity index (χ4v) is 2.36. The lowest BCUT2D eigenvalue weighted by Crippen LogP contribution is -2.06. The van der Waals surface area contributed by atoms with E-state index >= 15 is 0 Å². The first-order valence-corrected chi connectivity index (χ1v) is 6.43. The highest BCUT2D eigenvalue weighted by molar-refractivity contribution is 5.34. The van der Waals surface area contributed by atoms with Gasteiger partial charge in [-0.2, -0.15) is 5.10 Å². The van der Waals surface area contributed by atoms with Crippen LogP contribution in [0.15, 0.2) is 24.3 Å². The molecule has 2 rings (SSSR count). The standard InChI is InChI=1S/C15H20N2O2/c1-11-14(8-9-18)12(2)17(16-11)10-13-6-4-5-7-15(13)19-3/h4-7,18H,8-10H2,1-3H3. The van der Waals surface area contributed by atoms with Crippen LogP contribution in [0.2, 0.25) is 0 Å². The van der Waals surface area contributed by atoms with Crippen LogP contribution in [-0.2, 0) is 13.0 Å². The molecular formula is C15H20N2O2. The molecule has 4 nitrogen and oxygen atoms in total. The van der Waals surface area contributed by atoms with Crippen molar-refractivity contribution in [3.63, 3.8) is 0 Å². The van der Waals surface area contributed by atoms with E-state index in [0.717, 1.165) is 28.3 Å². The van der Waals surface area contributed by atoms with Gasteiger partial charge in [0.15, 0.2) is 0 Å². The Morgan fingerprint density at radius 3 is 2.68 bits per heavy atom. The van der Waals surface area contributed by atoms with Crippen LogP contribution in [-0.4, -0.2) is 28.6 Å². The molecule has 102 valence electrons. The monoisotopic (exact) mass is 260 g/mol. The van der Waals surface area contributed by atoms with Crippen LogP contribution < -0.4 is 4.74 Å². The number of nitrogens with zero attached hydrogens (tertiary/aromatic N) is 2.